The minimum absolute atomic E-state index is 0.0523. The average Bonchev–Trinajstić information content (AvgIpc) is 2.48. The lowest BCUT2D eigenvalue weighted by Crippen LogP contribution is -1.84. The molecule has 0 radical (unpaired) electrons. The van der Waals surface area contributed by atoms with Crippen molar-refractivity contribution in [2.45, 2.75) is 59.8 Å². The molecule has 2 heteroatoms. The van der Waals surface area contributed by atoms with Crippen molar-refractivity contribution in [1.82, 2.24) is 0 Å². The van der Waals surface area contributed by atoms with Crippen molar-refractivity contribution in [2.24, 2.45) is 0 Å². The number of allylic oxidation sites excluding steroid dienone is 6. The molecule has 1 rings (SSSR count). The second-order valence-corrected chi connectivity index (χ2v) is 6.49. The predicted molar refractivity (Wildman–Crippen MR) is 98.9 cm³/mol. The zero-order valence-electron chi connectivity index (χ0n) is 14.9. The maximum atomic E-state index is 9.49. The maximum Gasteiger partial charge on any atom is 0.157 e. The Kier molecular flexibility index (Phi) is 8.25. The first-order valence-corrected chi connectivity index (χ1v) is 8.34. The van der Waals surface area contributed by atoms with Crippen LogP contribution in [0.4, 0.5) is 0 Å². The van der Waals surface area contributed by atoms with Crippen LogP contribution >= 0.6 is 0 Å². The zero-order chi connectivity index (χ0) is 17.2. The summed E-state index contributed by atoms with van der Waals surface area (Å²) in [4.78, 5) is 0. The lowest BCUT2D eigenvalue weighted by atomic mass is 10.0. The molecule has 0 spiro atoms. The second kappa shape index (κ2) is 9.94. The summed E-state index contributed by atoms with van der Waals surface area (Å²) in [7, 11) is 0. The molecule has 1 aromatic rings. The van der Waals surface area contributed by atoms with Gasteiger partial charge in [0.15, 0.2) is 11.5 Å². The van der Waals surface area contributed by atoms with Gasteiger partial charge in [-0.2, -0.15) is 0 Å². The second-order valence-electron chi connectivity index (χ2n) is 6.49. The Balaban J connectivity index is 2.39. The molecule has 0 aliphatic rings. The minimum Gasteiger partial charge on any atom is -0.504 e. The van der Waals surface area contributed by atoms with Crippen LogP contribution in [0.2, 0.25) is 0 Å². The van der Waals surface area contributed by atoms with Crippen molar-refractivity contribution in [3.63, 3.8) is 0 Å². The van der Waals surface area contributed by atoms with Gasteiger partial charge in [-0.05, 0) is 77.5 Å². The molecular weight excluding hydrogens is 284 g/mol. The lowest BCUT2D eigenvalue weighted by Gasteiger charge is -2.03. The lowest BCUT2D eigenvalue weighted by molar-refractivity contribution is 0.403. The predicted octanol–water partition coefficient (Wildman–Crippen LogP) is 6.06. The molecule has 1 aromatic carbocycles. The molecule has 126 valence electrons. The van der Waals surface area contributed by atoms with Crippen LogP contribution in [-0.2, 0) is 6.42 Å². The number of rotatable bonds is 8. The molecule has 0 aromatic heterocycles. The molecule has 2 nitrogen and oxygen atoms in total. The number of hydrogen-bond donors (Lipinski definition) is 2. The third-order valence-electron chi connectivity index (χ3n) is 3.85. The first-order valence-electron chi connectivity index (χ1n) is 8.34. The van der Waals surface area contributed by atoms with E-state index in [4.69, 9.17) is 0 Å². The Morgan fingerprint density at radius 2 is 1.43 bits per heavy atom. The van der Waals surface area contributed by atoms with Crippen LogP contribution in [0.25, 0.3) is 0 Å². The van der Waals surface area contributed by atoms with E-state index in [9.17, 15) is 10.2 Å². The molecule has 0 aliphatic carbocycles. The van der Waals surface area contributed by atoms with E-state index in [1.165, 1.54) is 22.8 Å². The zero-order valence-corrected chi connectivity index (χ0v) is 14.9. The third-order valence-corrected chi connectivity index (χ3v) is 3.85. The van der Waals surface area contributed by atoms with Gasteiger partial charge in [-0.25, -0.2) is 0 Å². The summed E-state index contributed by atoms with van der Waals surface area (Å²) in [6.07, 6.45) is 12.0. The number of benzene rings is 1. The highest BCUT2D eigenvalue weighted by molar-refractivity contribution is 5.41. The summed E-state index contributed by atoms with van der Waals surface area (Å²) < 4.78 is 0. The summed E-state index contributed by atoms with van der Waals surface area (Å²) in [5.41, 5.74) is 5.20. The first-order chi connectivity index (χ1) is 10.9. The van der Waals surface area contributed by atoms with Crippen LogP contribution < -0.4 is 0 Å². The van der Waals surface area contributed by atoms with Crippen molar-refractivity contribution in [3.8, 4) is 11.5 Å². The van der Waals surface area contributed by atoms with Gasteiger partial charge in [0.25, 0.3) is 0 Å². The Morgan fingerprint density at radius 3 is 2.04 bits per heavy atom. The first kappa shape index (κ1) is 19.1. The van der Waals surface area contributed by atoms with Gasteiger partial charge < -0.3 is 10.2 Å². The van der Waals surface area contributed by atoms with Gasteiger partial charge in [0.2, 0.25) is 0 Å². The molecule has 0 aliphatic heterocycles. The molecule has 0 saturated carbocycles. The Morgan fingerprint density at radius 1 is 0.826 bits per heavy atom. The summed E-state index contributed by atoms with van der Waals surface area (Å²) in [6.45, 7) is 8.63. The largest absolute Gasteiger partial charge is 0.504 e. The van der Waals surface area contributed by atoms with Gasteiger partial charge >= 0.3 is 0 Å². The molecule has 0 bridgehead atoms. The summed E-state index contributed by atoms with van der Waals surface area (Å²) >= 11 is 0. The van der Waals surface area contributed by atoms with E-state index in [0.29, 0.717) is 0 Å². The van der Waals surface area contributed by atoms with Crippen molar-refractivity contribution in [1.29, 1.82) is 0 Å². The molecule has 0 amide bonds. The minimum atomic E-state index is -0.0665. The van der Waals surface area contributed by atoms with Crippen molar-refractivity contribution < 1.29 is 10.2 Å². The maximum absolute atomic E-state index is 9.49. The summed E-state index contributed by atoms with van der Waals surface area (Å²) in [5.74, 6) is -0.119. The SMILES string of the molecule is CC(C)=CCCC(C)=CCCC(C)=CCc1ccc(O)c(O)c1. The smallest absolute Gasteiger partial charge is 0.157 e. The number of hydrogen-bond acceptors (Lipinski definition) is 2. The number of aromatic hydroxyl groups is 2. The van der Waals surface area contributed by atoms with Crippen molar-refractivity contribution >= 4 is 0 Å². The molecule has 0 saturated heterocycles. The monoisotopic (exact) mass is 314 g/mol. The fourth-order valence-electron chi connectivity index (χ4n) is 2.33. The Hall–Kier alpha value is -1.96. The molecule has 0 atom stereocenters. The summed E-state index contributed by atoms with van der Waals surface area (Å²) in [5, 5.41) is 18.8. The van der Waals surface area contributed by atoms with E-state index in [2.05, 4.69) is 45.9 Å². The molecule has 0 heterocycles. The fourth-order valence-corrected chi connectivity index (χ4v) is 2.33. The van der Waals surface area contributed by atoms with E-state index in [1.807, 2.05) is 6.07 Å². The van der Waals surface area contributed by atoms with Crippen LogP contribution in [0.15, 0.2) is 53.1 Å². The van der Waals surface area contributed by atoms with Crippen LogP contribution in [0.5, 0.6) is 11.5 Å². The van der Waals surface area contributed by atoms with E-state index in [-0.39, 0.29) is 11.5 Å². The normalized spacial score (nSPS) is 12.3. The Bertz CT molecular complexity index is 588. The molecule has 23 heavy (non-hydrogen) atoms. The van der Waals surface area contributed by atoms with Crippen LogP contribution in [-0.4, -0.2) is 10.2 Å². The molecule has 0 fully saturated rings. The third kappa shape index (κ3) is 8.29. The van der Waals surface area contributed by atoms with E-state index < -0.39 is 0 Å². The van der Waals surface area contributed by atoms with Gasteiger partial charge in [0.1, 0.15) is 0 Å². The Labute approximate surface area is 140 Å². The van der Waals surface area contributed by atoms with Crippen LogP contribution in [0.1, 0.15) is 58.9 Å². The number of phenolic OH excluding ortho intramolecular Hbond substituents is 2. The van der Waals surface area contributed by atoms with Gasteiger partial charge in [-0.15, -0.1) is 0 Å². The quantitative estimate of drug-likeness (QED) is 0.452. The van der Waals surface area contributed by atoms with Crippen LogP contribution in [0.3, 0.4) is 0 Å². The average molecular weight is 314 g/mol. The topological polar surface area (TPSA) is 40.5 Å². The van der Waals surface area contributed by atoms with E-state index in [0.717, 1.165) is 37.7 Å². The molecular formula is C21H30O2. The molecule has 0 unspecified atom stereocenters. The molecule has 2 N–H and O–H groups in total. The highest BCUT2D eigenvalue weighted by atomic mass is 16.3. The highest BCUT2D eigenvalue weighted by Gasteiger charge is 1.99. The van der Waals surface area contributed by atoms with Gasteiger partial charge in [-0.1, -0.05) is 41.0 Å². The van der Waals surface area contributed by atoms with Crippen molar-refractivity contribution in [3.05, 3.63) is 58.7 Å². The van der Waals surface area contributed by atoms with Crippen molar-refractivity contribution in [2.75, 3.05) is 0 Å². The van der Waals surface area contributed by atoms with Crippen LogP contribution in [0, 0.1) is 0 Å². The highest BCUT2D eigenvalue weighted by Crippen LogP contribution is 2.25. The van der Waals surface area contributed by atoms with Gasteiger partial charge in [0, 0.05) is 0 Å². The number of phenols is 2. The standard InChI is InChI=1S/C21H30O2/c1-16(2)7-5-8-17(3)9-6-10-18(4)11-12-19-13-14-20(22)21(23)15-19/h7,9,11,13-15,22-23H,5-6,8,10,12H2,1-4H3. The summed E-state index contributed by atoms with van der Waals surface area (Å²) in [6, 6.07) is 4.99. The van der Waals surface area contributed by atoms with E-state index >= 15 is 0 Å². The van der Waals surface area contributed by atoms with E-state index in [1.54, 1.807) is 6.07 Å². The fraction of sp³-hybridized carbons (Fsp3) is 0.429. The van der Waals surface area contributed by atoms with Gasteiger partial charge in [0.05, 0.1) is 0 Å². The van der Waals surface area contributed by atoms with Gasteiger partial charge in [-0.3, -0.25) is 0 Å².